The van der Waals surface area contributed by atoms with E-state index in [0.717, 1.165) is 5.56 Å². The van der Waals surface area contributed by atoms with Crippen LogP contribution in [0.25, 0.3) is 0 Å². The van der Waals surface area contributed by atoms with Gasteiger partial charge >= 0.3 is 11.8 Å². The molecule has 6 heteroatoms. The first-order valence-corrected chi connectivity index (χ1v) is 6.64. The number of amides is 2. The molecule has 0 fully saturated rings. The molecule has 0 saturated heterocycles. The predicted molar refractivity (Wildman–Crippen MR) is 78.2 cm³/mol. The van der Waals surface area contributed by atoms with Crippen LogP contribution in [0.1, 0.15) is 26.3 Å². The summed E-state index contributed by atoms with van der Waals surface area (Å²) in [5.74, 6) is -2.50. The van der Waals surface area contributed by atoms with Crippen molar-refractivity contribution >= 4 is 17.5 Å². The topological polar surface area (TPSA) is 78.4 Å². The van der Waals surface area contributed by atoms with Crippen LogP contribution in [0.3, 0.4) is 0 Å². The molecule has 3 N–H and O–H groups in total. The normalized spacial score (nSPS) is 12.7. The van der Waals surface area contributed by atoms with Gasteiger partial charge < -0.3 is 15.7 Å². The third-order valence-electron chi connectivity index (χ3n) is 3.03. The Morgan fingerprint density at radius 1 is 1.29 bits per heavy atom. The second-order valence-electron chi connectivity index (χ2n) is 6.03. The summed E-state index contributed by atoms with van der Waals surface area (Å²) in [5, 5.41) is 14.3. The Bertz CT molecular complexity index is 538. The van der Waals surface area contributed by atoms with Crippen molar-refractivity contribution in [2.24, 2.45) is 5.41 Å². The van der Waals surface area contributed by atoms with Crippen molar-refractivity contribution in [2.75, 3.05) is 11.9 Å². The standard InChI is InChI=1S/C15H21FN2O3/c1-9-5-6-10(16)11(7-9)18-14(21)13(20)17-8-12(19)15(2,3)4/h5-7,12,19H,8H2,1-4H3,(H,17,20)(H,18,21). The molecule has 0 heterocycles. The van der Waals surface area contributed by atoms with Gasteiger partial charge in [0.15, 0.2) is 0 Å². The van der Waals surface area contributed by atoms with Crippen molar-refractivity contribution in [3.8, 4) is 0 Å². The Balaban J connectivity index is 2.60. The van der Waals surface area contributed by atoms with Crippen LogP contribution in [-0.4, -0.2) is 29.6 Å². The van der Waals surface area contributed by atoms with Crippen LogP contribution in [0.2, 0.25) is 0 Å². The molecule has 116 valence electrons. The van der Waals surface area contributed by atoms with E-state index in [1.54, 1.807) is 13.0 Å². The smallest absolute Gasteiger partial charge is 0.313 e. The summed E-state index contributed by atoms with van der Waals surface area (Å²) in [4.78, 5) is 23.3. The van der Waals surface area contributed by atoms with Crippen LogP contribution >= 0.6 is 0 Å². The van der Waals surface area contributed by atoms with E-state index < -0.39 is 29.2 Å². The van der Waals surface area contributed by atoms with Gasteiger partial charge in [-0.3, -0.25) is 9.59 Å². The van der Waals surface area contributed by atoms with E-state index in [4.69, 9.17) is 0 Å². The number of halogens is 1. The first-order valence-electron chi connectivity index (χ1n) is 6.64. The maximum Gasteiger partial charge on any atom is 0.313 e. The zero-order valence-electron chi connectivity index (χ0n) is 12.7. The first-order chi connectivity index (χ1) is 9.61. The molecule has 0 aromatic heterocycles. The van der Waals surface area contributed by atoms with Crippen LogP contribution in [0.4, 0.5) is 10.1 Å². The lowest BCUT2D eigenvalue weighted by Crippen LogP contribution is -2.43. The van der Waals surface area contributed by atoms with E-state index in [0.29, 0.717) is 0 Å². The molecular weight excluding hydrogens is 275 g/mol. The highest BCUT2D eigenvalue weighted by atomic mass is 19.1. The average molecular weight is 296 g/mol. The Hall–Kier alpha value is -1.95. The Kier molecular flexibility index (Phi) is 5.43. The van der Waals surface area contributed by atoms with Gasteiger partial charge in [0.05, 0.1) is 11.8 Å². The molecule has 21 heavy (non-hydrogen) atoms. The van der Waals surface area contributed by atoms with E-state index in [1.165, 1.54) is 12.1 Å². The highest BCUT2D eigenvalue weighted by molar-refractivity contribution is 6.39. The Labute approximate surface area is 123 Å². The van der Waals surface area contributed by atoms with Crippen LogP contribution in [-0.2, 0) is 9.59 Å². The van der Waals surface area contributed by atoms with Gasteiger partial charge in [0, 0.05) is 6.54 Å². The van der Waals surface area contributed by atoms with Gasteiger partial charge in [-0.2, -0.15) is 0 Å². The summed E-state index contributed by atoms with van der Waals surface area (Å²) < 4.78 is 13.5. The largest absolute Gasteiger partial charge is 0.391 e. The van der Waals surface area contributed by atoms with Gasteiger partial charge in [0.1, 0.15) is 5.82 Å². The lowest BCUT2D eigenvalue weighted by atomic mass is 9.89. The van der Waals surface area contributed by atoms with E-state index >= 15 is 0 Å². The van der Waals surface area contributed by atoms with Gasteiger partial charge in [0.25, 0.3) is 0 Å². The van der Waals surface area contributed by atoms with Crippen molar-refractivity contribution in [3.63, 3.8) is 0 Å². The van der Waals surface area contributed by atoms with Crippen LogP contribution in [0.5, 0.6) is 0 Å². The summed E-state index contributed by atoms with van der Waals surface area (Å²) in [6.07, 6.45) is -0.787. The average Bonchev–Trinajstić information content (AvgIpc) is 2.38. The third-order valence-corrected chi connectivity index (χ3v) is 3.03. The number of hydrogen-bond acceptors (Lipinski definition) is 3. The molecule has 0 aliphatic rings. The number of hydrogen-bond donors (Lipinski definition) is 3. The van der Waals surface area contributed by atoms with E-state index in [2.05, 4.69) is 10.6 Å². The molecule has 5 nitrogen and oxygen atoms in total. The number of carbonyl (C=O) groups excluding carboxylic acids is 2. The molecule has 0 spiro atoms. The van der Waals surface area contributed by atoms with Crippen molar-refractivity contribution in [3.05, 3.63) is 29.6 Å². The minimum absolute atomic E-state index is 0.0495. The van der Waals surface area contributed by atoms with Crippen molar-refractivity contribution in [1.82, 2.24) is 5.32 Å². The predicted octanol–water partition coefficient (Wildman–Crippen LogP) is 1.60. The van der Waals surface area contributed by atoms with Crippen LogP contribution in [0, 0.1) is 18.2 Å². The maximum atomic E-state index is 13.5. The SMILES string of the molecule is Cc1ccc(F)c(NC(=O)C(=O)NCC(O)C(C)(C)C)c1. The molecule has 2 amide bonds. The molecule has 1 aromatic carbocycles. The molecule has 0 aliphatic carbocycles. The van der Waals surface area contributed by atoms with Gasteiger partial charge in [-0.1, -0.05) is 26.8 Å². The van der Waals surface area contributed by atoms with Crippen LogP contribution in [0.15, 0.2) is 18.2 Å². The molecule has 1 unspecified atom stereocenters. The lowest BCUT2D eigenvalue weighted by Gasteiger charge is -2.25. The molecule has 0 bridgehead atoms. The highest BCUT2D eigenvalue weighted by Gasteiger charge is 2.24. The number of aryl methyl sites for hydroxylation is 1. The van der Waals surface area contributed by atoms with Crippen molar-refractivity contribution in [2.45, 2.75) is 33.8 Å². The second kappa shape index (κ2) is 6.67. The van der Waals surface area contributed by atoms with E-state index in [1.807, 2.05) is 20.8 Å². The molecule has 1 atom stereocenters. The number of nitrogens with one attached hydrogen (secondary N) is 2. The Morgan fingerprint density at radius 3 is 2.48 bits per heavy atom. The minimum atomic E-state index is -0.972. The summed E-state index contributed by atoms with van der Waals surface area (Å²) >= 11 is 0. The fraction of sp³-hybridized carbons (Fsp3) is 0.467. The molecular formula is C15H21FN2O3. The summed E-state index contributed by atoms with van der Waals surface area (Å²) in [6, 6.07) is 4.21. The first kappa shape index (κ1) is 17.1. The summed E-state index contributed by atoms with van der Waals surface area (Å²) in [5.41, 5.74) is 0.300. The fourth-order valence-corrected chi connectivity index (χ4v) is 1.49. The maximum absolute atomic E-state index is 13.5. The zero-order valence-corrected chi connectivity index (χ0v) is 12.7. The van der Waals surface area contributed by atoms with Crippen LogP contribution < -0.4 is 10.6 Å². The number of aliphatic hydroxyl groups excluding tert-OH is 1. The highest BCUT2D eigenvalue weighted by Crippen LogP contribution is 2.18. The monoisotopic (exact) mass is 296 g/mol. The summed E-state index contributed by atoms with van der Waals surface area (Å²) in [6.45, 7) is 7.13. The fourth-order valence-electron chi connectivity index (χ4n) is 1.49. The number of carbonyl (C=O) groups is 2. The quantitative estimate of drug-likeness (QED) is 0.741. The number of aliphatic hydroxyl groups is 1. The van der Waals surface area contributed by atoms with Gasteiger partial charge in [-0.05, 0) is 30.0 Å². The minimum Gasteiger partial charge on any atom is -0.391 e. The molecule has 1 rings (SSSR count). The lowest BCUT2D eigenvalue weighted by molar-refractivity contribution is -0.136. The van der Waals surface area contributed by atoms with Gasteiger partial charge in [-0.25, -0.2) is 4.39 Å². The number of anilines is 1. The molecule has 1 aromatic rings. The Morgan fingerprint density at radius 2 is 1.90 bits per heavy atom. The van der Waals surface area contributed by atoms with Gasteiger partial charge in [-0.15, -0.1) is 0 Å². The molecule has 0 saturated carbocycles. The number of rotatable bonds is 3. The molecule has 0 radical (unpaired) electrons. The van der Waals surface area contributed by atoms with E-state index in [-0.39, 0.29) is 12.2 Å². The van der Waals surface area contributed by atoms with Gasteiger partial charge in [0.2, 0.25) is 0 Å². The third kappa shape index (κ3) is 5.15. The van der Waals surface area contributed by atoms with Crippen molar-refractivity contribution in [1.29, 1.82) is 0 Å². The molecule has 0 aliphatic heterocycles. The van der Waals surface area contributed by atoms with Crippen molar-refractivity contribution < 1.29 is 19.1 Å². The zero-order chi connectivity index (χ0) is 16.2. The van der Waals surface area contributed by atoms with E-state index in [9.17, 15) is 19.1 Å². The second-order valence-corrected chi connectivity index (χ2v) is 6.03. The summed E-state index contributed by atoms with van der Waals surface area (Å²) in [7, 11) is 0. The number of benzene rings is 1.